The van der Waals surface area contributed by atoms with Crippen molar-refractivity contribution in [3.05, 3.63) is 28.3 Å². The summed E-state index contributed by atoms with van der Waals surface area (Å²) < 4.78 is 36.6. The largest absolute Gasteiger partial charge is 0.490 e. The Hall–Kier alpha value is -2.20. The summed E-state index contributed by atoms with van der Waals surface area (Å²) in [6.07, 6.45) is 1.06. The Kier molecular flexibility index (Phi) is 5.96. The fraction of sp³-hybridized carbons (Fsp3) is 0.533. The summed E-state index contributed by atoms with van der Waals surface area (Å²) in [5.74, 6) is -0.980. The van der Waals surface area contributed by atoms with E-state index < -0.39 is 32.5 Å². The quantitative estimate of drug-likeness (QED) is 0.423. The number of carbonyl (C=O) groups excluding carboxylic acids is 1. The Balaban J connectivity index is 2.30. The summed E-state index contributed by atoms with van der Waals surface area (Å²) in [6.45, 7) is 2.16. The van der Waals surface area contributed by atoms with Crippen LogP contribution in [0.3, 0.4) is 0 Å². The van der Waals surface area contributed by atoms with Crippen molar-refractivity contribution >= 4 is 21.7 Å². The van der Waals surface area contributed by atoms with Gasteiger partial charge in [0.2, 0.25) is 10.0 Å². The van der Waals surface area contributed by atoms with Crippen molar-refractivity contribution < 1.29 is 27.6 Å². The number of esters is 1. The van der Waals surface area contributed by atoms with Gasteiger partial charge in [0.15, 0.2) is 5.75 Å². The van der Waals surface area contributed by atoms with E-state index in [-0.39, 0.29) is 30.3 Å². The molecule has 1 aromatic carbocycles. The zero-order valence-corrected chi connectivity index (χ0v) is 14.8. The molecule has 1 fully saturated rings. The number of nitro benzene ring substituents is 1. The third-order valence-corrected chi connectivity index (χ3v) is 5.85. The standard InChI is InChI=1S/C15H20N2O7S/c1-3-24-15(18)11-5-4-8-16(10-11)25(21,22)12-6-7-14(23-2)13(9-12)17(19)20/h6-7,9,11H,3-5,8,10H2,1-2H3/t11-/m1/s1. The minimum absolute atomic E-state index is 0.000986. The number of benzene rings is 1. The molecule has 9 nitrogen and oxygen atoms in total. The van der Waals surface area contributed by atoms with E-state index in [9.17, 15) is 23.3 Å². The van der Waals surface area contributed by atoms with Gasteiger partial charge in [-0.3, -0.25) is 14.9 Å². The molecule has 0 unspecified atom stereocenters. The van der Waals surface area contributed by atoms with Gasteiger partial charge in [0.05, 0.1) is 29.5 Å². The van der Waals surface area contributed by atoms with Crippen LogP contribution in [-0.4, -0.2) is 50.4 Å². The van der Waals surface area contributed by atoms with E-state index in [0.29, 0.717) is 12.8 Å². The van der Waals surface area contributed by atoms with E-state index >= 15 is 0 Å². The number of hydrogen-bond acceptors (Lipinski definition) is 7. The van der Waals surface area contributed by atoms with Gasteiger partial charge >= 0.3 is 11.7 Å². The Bertz CT molecular complexity index is 763. The second-order valence-electron chi connectivity index (χ2n) is 5.55. The average molecular weight is 372 g/mol. The van der Waals surface area contributed by atoms with Crippen LogP contribution in [0.2, 0.25) is 0 Å². The third kappa shape index (κ3) is 4.07. The van der Waals surface area contributed by atoms with E-state index in [0.717, 1.165) is 6.07 Å². The van der Waals surface area contributed by atoms with E-state index in [1.807, 2.05) is 0 Å². The number of nitrogens with zero attached hydrogens (tertiary/aromatic N) is 2. The van der Waals surface area contributed by atoms with Crippen molar-refractivity contribution in [1.29, 1.82) is 0 Å². The maximum absolute atomic E-state index is 12.8. The molecule has 138 valence electrons. The van der Waals surface area contributed by atoms with Crippen molar-refractivity contribution in [2.24, 2.45) is 5.92 Å². The number of nitro groups is 1. The molecule has 1 aromatic rings. The highest BCUT2D eigenvalue weighted by Gasteiger charge is 2.35. The van der Waals surface area contributed by atoms with Crippen LogP contribution in [0.4, 0.5) is 5.69 Å². The minimum atomic E-state index is -3.96. The van der Waals surface area contributed by atoms with Crippen molar-refractivity contribution in [2.45, 2.75) is 24.7 Å². The normalized spacial score (nSPS) is 18.6. The molecule has 1 heterocycles. The first-order chi connectivity index (χ1) is 11.8. The molecule has 0 amide bonds. The van der Waals surface area contributed by atoms with Gasteiger partial charge in [0.1, 0.15) is 0 Å². The summed E-state index contributed by atoms with van der Waals surface area (Å²) in [6, 6.07) is 3.48. The molecule has 0 spiro atoms. The maximum Gasteiger partial charge on any atom is 0.312 e. The monoisotopic (exact) mass is 372 g/mol. The summed E-state index contributed by atoms with van der Waals surface area (Å²) in [7, 11) is -2.69. The molecule has 0 saturated carbocycles. The maximum atomic E-state index is 12.8. The van der Waals surface area contributed by atoms with Crippen molar-refractivity contribution in [2.75, 3.05) is 26.8 Å². The fourth-order valence-electron chi connectivity index (χ4n) is 2.74. The summed E-state index contributed by atoms with van der Waals surface area (Å²) in [5, 5.41) is 11.1. The molecule has 0 aliphatic carbocycles. The summed E-state index contributed by atoms with van der Waals surface area (Å²) in [5.41, 5.74) is -0.428. The van der Waals surface area contributed by atoms with Gasteiger partial charge < -0.3 is 9.47 Å². The molecule has 2 rings (SSSR count). The lowest BCUT2D eigenvalue weighted by Crippen LogP contribution is -2.42. The first kappa shape index (κ1) is 19.1. The number of carbonyl (C=O) groups is 1. The highest BCUT2D eigenvalue weighted by atomic mass is 32.2. The zero-order chi connectivity index (χ0) is 18.6. The first-order valence-corrected chi connectivity index (χ1v) is 9.24. The van der Waals surface area contributed by atoms with Crippen LogP contribution < -0.4 is 4.74 Å². The highest BCUT2D eigenvalue weighted by molar-refractivity contribution is 7.89. The molecule has 1 aliphatic heterocycles. The van der Waals surface area contributed by atoms with E-state index in [1.54, 1.807) is 6.92 Å². The number of sulfonamides is 1. The smallest absolute Gasteiger partial charge is 0.312 e. The number of hydrogen-bond donors (Lipinski definition) is 0. The van der Waals surface area contributed by atoms with Gasteiger partial charge in [-0.25, -0.2) is 8.42 Å². The average Bonchev–Trinajstić information content (AvgIpc) is 2.61. The summed E-state index contributed by atoms with van der Waals surface area (Å²) >= 11 is 0. The Morgan fingerprint density at radius 2 is 2.16 bits per heavy atom. The molecule has 10 heteroatoms. The minimum Gasteiger partial charge on any atom is -0.490 e. The zero-order valence-electron chi connectivity index (χ0n) is 14.0. The molecule has 0 bridgehead atoms. The number of ether oxygens (including phenoxy) is 2. The molecule has 1 saturated heterocycles. The molecular weight excluding hydrogens is 352 g/mol. The molecule has 0 aromatic heterocycles. The van der Waals surface area contributed by atoms with Gasteiger partial charge in [-0.05, 0) is 31.9 Å². The van der Waals surface area contributed by atoms with Crippen LogP contribution >= 0.6 is 0 Å². The van der Waals surface area contributed by atoms with Crippen LogP contribution in [0.1, 0.15) is 19.8 Å². The van der Waals surface area contributed by atoms with Gasteiger partial charge in [-0.2, -0.15) is 4.31 Å². The van der Waals surface area contributed by atoms with Crippen LogP contribution in [0.5, 0.6) is 5.75 Å². The SMILES string of the molecule is CCOC(=O)[C@@H]1CCCN(S(=O)(=O)c2ccc(OC)c([N+](=O)[O-])c2)C1. The van der Waals surface area contributed by atoms with Crippen molar-refractivity contribution in [3.63, 3.8) is 0 Å². The van der Waals surface area contributed by atoms with Crippen LogP contribution in [0, 0.1) is 16.0 Å². The molecule has 0 radical (unpaired) electrons. The van der Waals surface area contributed by atoms with Crippen LogP contribution in [0.15, 0.2) is 23.1 Å². The second-order valence-corrected chi connectivity index (χ2v) is 7.48. The van der Waals surface area contributed by atoms with Crippen molar-refractivity contribution in [1.82, 2.24) is 4.31 Å². The molecule has 25 heavy (non-hydrogen) atoms. The lowest BCUT2D eigenvalue weighted by atomic mass is 10.0. The Labute approximate surface area is 145 Å². The number of rotatable bonds is 6. The van der Waals surface area contributed by atoms with Gasteiger partial charge in [-0.15, -0.1) is 0 Å². The highest BCUT2D eigenvalue weighted by Crippen LogP contribution is 2.32. The topological polar surface area (TPSA) is 116 Å². The Morgan fingerprint density at radius 3 is 2.76 bits per heavy atom. The van der Waals surface area contributed by atoms with Gasteiger partial charge in [-0.1, -0.05) is 0 Å². The lowest BCUT2D eigenvalue weighted by molar-refractivity contribution is -0.386. The van der Waals surface area contributed by atoms with Crippen LogP contribution in [-0.2, 0) is 19.6 Å². The number of methoxy groups -OCH3 is 1. The van der Waals surface area contributed by atoms with Crippen molar-refractivity contribution in [3.8, 4) is 5.75 Å². The second kappa shape index (κ2) is 7.79. The third-order valence-electron chi connectivity index (χ3n) is 3.99. The van der Waals surface area contributed by atoms with Crippen LogP contribution in [0.25, 0.3) is 0 Å². The molecular formula is C15H20N2O7S. The first-order valence-electron chi connectivity index (χ1n) is 7.80. The summed E-state index contributed by atoms with van der Waals surface area (Å²) in [4.78, 5) is 22.1. The predicted molar refractivity (Wildman–Crippen MR) is 87.8 cm³/mol. The lowest BCUT2D eigenvalue weighted by Gasteiger charge is -2.30. The van der Waals surface area contributed by atoms with E-state index in [2.05, 4.69) is 0 Å². The molecule has 1 atom stereocenters. The fourth-order valence-corrected chi connectivity index (χ4v) is 4.28. The number of piperidine rings is 1. The molecule has 0 N–H and O–H groups in total. The molecule has 1 aliphatic rings. The van der Waals surface area contributed by atoms with Gasteiger partial charge in [0, 0.05) is 19.2 Å². The predicted octanol–water partition coefficient (Wildman–Crippen LogP) is 1.57. The van der Waals surface area contributed by atoms with E-state index in [1.165, 1.54) is 23.5 Å². The van der Waals surface area contributed by atoms with E-state index in [4.69, 9.17) is 9.47 Å². The van der Waals surface area contributed by atoms with Gasteiger partial charge in [0.25, 0.3) is 0 Å². The Morgan fingerprint density at radius 1 is 1.44 bits per heavy atom.